The maximum Gasteiger partial charge on any atom is 0.255 e. The van der Waals surface area contributed by atoms with E-state index in [9.17, 15) is 9.90 Å². The van der Waals surface area contributed by atoms with E-state index in [2.05, 4.69) is 5.32 Å². The third-order valence-corrected chi connectivity index (χ3v) is 2.59. The molecule has 0 saturated heterocycles. The number of halogens is 1. The van der Waals surface area contributed by atoms with E-state index in [-0.39, 0.29) is 29.3 Å². The van der Waals surface area contributed by atoms with Crippen LogP contribution < -0.4 is 11.1 Å². The van der Waals surface area contributed by atoms with Crippen molar-refractivity contribution in [2.24, 2.45) is 5.73 Å². The zero-order valence-corrected chi connectivity index (χ0v) is 8.66. The molecule has 80 valence electrons. The number of benzene rings is 1. The SMILES string of the molecule is NC1CC1NC(=O)c1cc(Cl)ccc1O. The van der Waals surface area contributed by atoms with E-state index in [0.29, 0.717) is 5.02 Å². The Balaban J connectivity index is 2.14. The molecule has 1 aromatic carbocycles. The summed E-state index contributed by atoms with van der Waals surface area (Å²) in [5, 5.41) is 12.6. The highest BCUT2D eigenvalue weighted by Gasteiger charge is 2.35. The van der Waals surface area contributed by atoms with Gasteiger partial charge in [-0.15, -0.1) is 0 Å². The van der Waals surface area contributed by atoms with E-state index >= 15 is 0 Å². The first-order valence-corrected chi connectivity index (χ1v) is 5.00. The number of hydrogen-bond acceptors (Lipinski definition) is 3. The monoisotopic (exact) mass is 226 g/mol. The van der Waals surface area contributed by atoms with Crippen LogP contribution in [0.25, 0.3) is 0 Å². The van der Waals surface area contributed by atoms with Crippen LogP contribution in [0.1, 0.15) is 16.8 Å². The molecule has 0 radical (unpaired) electrons. The zero-order valence-electron chi connectivity index (χ0n) is 7.90. The van der Waals surface area contributed by atoms with Crippen LogP contribution in [0.4, 0.5) is 0 Å². The molecule has 5 heteroatoms. The van der Waals surface area contributed by atoms with Gasteiger partial charge in [0.15, 0.2) is 0 Å². The predicted molar refractivity (Wildman–Crippen MR) is 57.0 cm³/mol. The first-order chi connectivity index (χ1) is 7.08. The van der Waals surface area contributed by atoms with E-state index < -0.39 is 0 Å². The van der Waals surface area contributed by atoms with Gasteiger partial charge in [-0.2, -0.15) is 0 Å². The Morgan fingerprint density at radius 2 is 2.27 bits per heavy atom. The largest absolute Gasteiger partial charge is 0.507 e. The van der Waals surface area contributed by atoms with Gasteiger partial charge in [0.25, 0.3) is 5.91 Å². The van der Waals surface area contributed by atoms with Crippen molar-refractivity contribution in [1.82, 2.24) is 5.32 Å². The number of nitrogens with one attached hydrogen (secondary N) is 1. The van der Waals surface area contributed by atoms with Gasteiger partial charge in [-0.05, 0) is 24.6 Å². The summed E-state index contributed by atoms with van der Waals surface area (Å²) < 4.78 is 0. The summed E-state index contributed by atoms with van der Waals surface area (Å²) in [5.41, 5.74) is 5.74. The van der Waals surface area contributed by atoms with E-state index in [1.807, 2.05) is 0 Å². The van der Waals surface area contributed by atoms with Crippen LogP contribution >= 0.6 is 11.6 Å². The van der Waals surface area contributed by atoms with E-state index in [4.69, 9.17) is 17.3 Å². The van der Waals surface area contributed by atoms with Crippen molar-refractivity contribution < 1.29 is 9.90 Å². The molecule has 0 heterocycles. The van der Waals surface area contributed by atoms with Gasteiger partial charge >= 0.3 is 0 Å². The smallest absolute Gasteiger partial charge is 0.255 e. The van der Waals surface area contributed by atoms with Gasteiger partial charge in [-0.1, -0.05) is 11.6 Å². The molecule has 4 nitrogen and oxygen atoms in total. The number of carbonyl (C=O) groups excluding carboxylic acids is 1. The van der Waals surface area contributed by atoms with E-state index in [1.165, 1.54) is 18.2 Å². The summed E-state index contributed by atoms with van der Waals surface area (Å²) in [4.78, 5) is 11.6. The van der Waals surface area contributed by atoms with Crippen molar-refractivity contribution in [3.05, 3.63) is 28.8 Å². The topological polar surface area (TPSA) is 75.3 Å². The highest BCUT2D eigenvalue weighted by atomic mass is 35.5. The quantitative estimate of drug-likeness (QED) is 0.701. The Morgan fingerprint density at radius 3 is 2.87 bits per heavy atom. The first kappa shape index (κ1) is 10.3. The molecule has 1 aromatic rings. The van der Waals surface area contributed by atoms with Crippen molar-refractivity contribution in [3.63, 3.8) is 0 Å². The molecule has 2 rings (SSSR count). The molecule has 1 aliphatic carbocycles. The molecule has 15 heavy (non-hydrogen) atoms. The van der Waals surface area contributed by atoms with Gasteiger partial charge in [0.1, 0.15) is 5.75 Å². The number of rotatable bonds is 2. The molecule has 2 atom stereocenters. The molecular weight excluding hydrogens is 216 g/mol. The molecule has 0 bridgehead atoms. The van der Waals surface area contributed by atoms with E-state index in [1.54, 1.807) is 0 Å². The van der Waals surface area contributed by atoms with Crippen molar-refractivity contribution in [3.8, 4) is 5.75 Å². The summed E-state index contributed by atoms with van der Waals surface area (Å²) >= 11 is 5.73. The number of amides is 1. The third-order valence-electron chi connectivity index (χ3n) is 2.36. The van der Waals surface area contributed by atoms with Gasteiger partial charge in [0, 0.05) is 17.1 Å². The molecule has 1 amide bonds. The molecule has 4 N–H and O–H groups in total. The van der Waals surface area contributed by atoms with Crippen LogP contribution in [0.2, 0.25) is 5.02 Å². The van der Waals surface area contributed by atoms with Gasteiger partial charge in [-0.3, -0.25) is 4.79 Å². The normalized spacial score (nSPS) is 23.6. The molecule has 1 saturated carbocycles. The molecule has 0 spiro atoms. The lowest BCUT2D eigenvalue weighted by molar-refractivity contribution is 0.0947. The fourth-order valence-electron chi connectivity index (χ4n) is 1.32. The Labute approximate surface area is 92.0 Å². The average Bonchev–Trinajstić information content (AvgIpc) is 2.86. The Hall–Kier alpha value is -1.26. The third kappa shape index (κ3) is 2.22. The number of hydrogen-bond donors (Lipinski definition) is 3. The minimum absolute atomic E-state index is 0.0240. The van der Waals surface area contributed by atoms with Crippen molar-refractivity contribution >= 4 is 17.5 Å². The van der Waals surface area contributed by atoms with Gasteiger partial charge < -0.3 is 16.2 Å². The highest BCUT2D eigenvalue weighted by molar-refractivity contribution is 6.31. The molecule has 2 unspecified atom stereocenters. The fraction of sp³-hybridized carbons (Fsp3) is 0.300. The summed E-state index contributed by atoms with van der Waals surface area (Å²) in [7, 11) is 0. The minimum Gasteiger partial charge on any atom is -0.507 e. The van der Waals surface area contributed by atoms with Crippen LogP contribution in [0, 0.1) is 0 Å². The van der Waals surface area contributed by atoms with Crippen LogP contribution in [-0.4, -0.2) is 23.1 Å². The van der Waals surface area contributed by atoms with Crippen LogP contribution in [0.15, 0.2) is 18.2 Å². The number of carbonyl (C=O) groups is 1. The lowest BCUT2D eigenvalue weighted by atomic mass is 10.2. The second kappa shape index (κ2) is 3.72. The highest BCUT2D eigenvalue weighted by Crippen LogP contribution is 2.23. The number of phenolic OH excluding ortho intramolecular Hbond substituents is 1. The van der Waals surface area contributed by atoms with Crippen LogP contribution in [0.3, 0.4) is 0 Å². The summed E-state index contributed by atoms with van der Waals surface area (Å²) in [6.45, 7) is 0. The fourth-order valence-corrected chi connectivity index (χ4v) is 1.49. The van der Waals surface area contributed by atoms with Crippen molar-refractivity contribution in [1.29, 1.82) is 0 Å². The molecular formula is C10H11ClN2O2. The lowest BCUT2D eigenvalue weighted by Gasteiger charge is -2.05. The lowest BCUT2D eigenvalue weighted by Crippen LogP contribution is -2.29. The first-order valence-electron chi connectivity index (χ1n) is 4.63. The van der Waals surface area contributed by atoms with E-state index in [0.717, 1.165) is 6.42 Å². The van der Waals surface area contributed by atoms with Gasteiger partial charge in [-0.25, -0.2) is 0 Å². The standard InChI is InChI=1S/C10H11ClN2O2/c11-5-1-2-9(14)6(3-5)10(15)13-8-4-7(8)12/h1-3,7-8,14H,4,12H2,(H,13,15). The summed E-state index contributed by atoms with van der Waals surface area (Å²) in [6, 6.07) is 4.41. The molecule has 1 fully saturated rings. The number of nitrogens with two attached hydrogens (primary N) is 1. The maximum atomic E-state index is 11.6. The minimum atomic E-state index is -0.340. The number of phenols is 1. The van der Waals surface area contributed by atoms with Gasteiger partial charge in [0.05, 0.1) is 5.56 Å². The summed E-state index contributed by atoms with van der Waals surface area (Å²) in [6.07, 6.45) is 0.785. The van der Waals surface area contributed by atoms with Crippen LogP contribution in [-0.2, 0) is 0 Å². The second-order valence-electron chi connectivity index (χ2n) is 3.64. The molecule has 0 aliphatic heterocycles. The Kier molecular flexibility index (Phi) is 2.54. The predicted octanol–water partition coefficient (Wildman–Crippen LogP) is 0.875. The van der Waals surface area contributed by atoms with Crippen LogP contribution in [0.5, 0.6) is 5.75 Å². The maximum absolute atomic E-state index is 11.6. The Bertz CT molecular complexity index is 408. The second-order valence-corrected chi connectivity index (χ2v) is 4.08. The molecule has 1 aliphatic rings. The van der Waals surface area contributed by atoms with Crippen molar-refractivity contribution in [2.45, 2.75) is 18.5 Å². The summed E-state index contributed by atoms with van der Waals surface area (Å²) in [5.74, 6) is -0.418. The average molecular weight is 227 g/mol. The molecule has 0 aromatic heterocycles. The number of aromatic hydroxyl groups is 1. The van der Waals surface area contributed by atoms with Gasteiger partial charge in [0.2, 0.25) is 0 Å². The van der Waals surface area contributed by atoms with Crippen molar-refractivity contribution in [2.75, 3.05) is 0 Å². The zero-order chi connectivity index (χ0) is 11.0. The Morgan fingerprint density at radius 1 is 1.60 bits per heavy atom.